The fourth-order valence-corrected chi connectivity index (χ4v) is 3.81. The van der Waals surface area contributed by atoms with Crippen molar-refractivity contribution < 1.29 is 4.74 Å². The number of thiophene rings is 1. The van der Waals surface area contributed by atoms with Gasteiger partial charge in [0.05, 0.1) is 6.61 Å². The van der Waals surface area contributed by atoms with Crippen LogP contribution in [0.25, 0.3) is 20.7 Å². The second kappa shape index (κ2) is 6.41. The van der Waals surface area contributed by atoms with Crippen molar-refractivity contribution in [3.8, 4) is 10.6 Å². The lowest BCUT2D eigenvalue weighted by Gasteiger charge is -1.99. The quantitative estimate of drug-likeness (QED) is 0.711. The van der Waals surface area contributed by atoms with Gasteiger partial charge >= 0.3 is 0 Å². The van der Waals surface area contributed by atoms with Crippen molar-refractivity contribution in [2.75, 3.05) is 20.3 Å². The topological polar surface area (TPSA) is 47.0 Å². The molecule has 4 nitrogen and oxygen atoms in total. The molecule has 6 heteroatoms. The highest BCUT2D eigenvalue weighted by Crippen LogP contribution is 2.35. The number of methoxy groups -OCH3 is 1. The number of aromatic nitrogens is 2. The zero-order valence-corrected chi connectivity index (χ0v) is 12.8. The minimum atomic E-state index is 0.709. The number of ether oxygens (including phenoxy) is 1. The highest BCUT2D eigenvalue weighted by molar-refractivity contribution is 7.19. The van der Waals surface area contributed by atoms with Crippen LogP contribution in [-0.4, -0.2) is 30.5 Å². The van der Waals surface area contributed by atoms with Crippen LogP contribution in [0.3, 0.4) is 0 Å². The Bertz CT molecular complexity index is 692. The Morgan fingerprint density at radius 3 is 3.05 bits per heavy atom. The normalized spacial score (nSPS) is 11.2. The van der Waals surface area contributed by atoms with Gasteiger partial charge < -0.3 is 10.1 Å². The highest BCUT2D eigenvalue weighted by Gasteiger charge is 2.11. The van der Waals surface area contributed by atoms with Crippen molar-refractivity contribution in [1.29, 1.82) is 0 Å². The maximum Gasteiger partial charge on any atom is 0.149 e. The monoisotopic (exact) mass is 305 g/mol. The van der Waals surface area contributed by atoms with Crippen molar-refractivity contribution in [1.82, 2.24) is 15.5 Å². The molecule has 0 saturated heterocycles. The van der Waals surface area contributed by atoms with E-state index in [9.17, 15) is 0 Å². The summed E-state index contributed by atoms with van der Waals surface area (Å²) in [6.07, 6.45) is 0. The smallest absolute Gasteiger partial charge is 0.149 e. The summed E-state index contributed by atoms with van der Waals surface area (Å²) in [4.78, 5) is 0. The van der Waals surface area contributed by atoms with Crippen molar-refractivity contribution in [2.24, 2.45) is 0 Å². The molecule has 3 aromatic rings. The largest absolute Gasteiger partial charge is 0.383 e. The number of nitrogens with one attached hydrogen (secondary N) is 1. The fourth-order valence-electron chi connectivity index (χ4n) is 1.95. The van der Waals surface area contributed by atoms with Crippen LogP contribution in [0, 0.1) is 0 Å². The van der Waals surface area contributed by atoms with Gasteiger partial charge in [0.2, 0.25) is 0 Å². The van der Waals surface area contributed by atoms with Gasteiger partial charge in [-0.1, -0.05) is 29.5 Å². The molecule has 104 valence electrons. The lowest BCUT2D eigenvalue weighted by Crippen LogP contribution is -2.18. The van der Waals surface area contributed by atoms with Crippen LogP contribution in [0.2, 0.25) is 0 Å². The summed E-state index contributed by atoms with van der Waals surface area (Å²) in [6, 6.07) is 8.40. The molecule has 2 aromatic heterocycles. The molecule has 1 aromatic carbocycles. The minimum Gasteiger partial charge on any atom is -0.383 e. The zero-order chi connectivity index (χ0) is 13.8. The number of fused-ring (bicyclic) bond motifs is 1. The third kappa shape index (κ3) is 2.88. The van der Waals surface area contributed by atoms with Gasteiger partial charge in [-0.3, -0.25) is 0 Å². The van der Waals surface area contributed by atoms with Crippen LogP contribution < -0.4 is 5.32 Å². The average molecular weight is 305 g/mol. The molecule has 0 bridgehead atoms. The van der Waals surface area contributed by atoms with E-state index in [-0.39, 0.29) is 0 Å². The van der Waals surface area contributed by atoms with Gasteiger partial charge in [0.15, 0.2) is 0 Å². The first-order valence-electron chi connectivity index (χ1n) is 6.37. The first-order valence-corrected chi connectivity index (χ1v) is 8.07. The van der Waals surface area contributed by atoms with Gasteiger partial charge in [-0.2, -0.15) is 0 Å². The molecule has 0 aliphatic carbocycles. The molecule has 3 rings (SSSR count). The molecule has 0 spiro atoms. The van der Waals surface area contributed by atoms with Crippen LogP contribution >= 0.6 is 22.7 Å². The molecule has 2 heterocycles. The van der Waals surface area contributed by atoms with Crippen LogP contribution in [0.5, 0.6) is 0 Å². The number of rotatable bonds is 6. The average Bonchev–Trinajstić information content (AvgIpc) is 3.10. The van der Waals surface area contributed by atoms with Crippen LogP contribution in [0.15, 0.2) is 29.6 Å². The van der Waals surface area contributed by atoms with E-state index in [1.165, 1.54) is 15.6 Å². The molecule has 0 radical (unpaired) electrons. The number of hydrogen-bond donors (Lipinski definition) is 1. The van der Waals surface area contributed by atoms with Gasteiger partial charge in [-0.05, 0) is 6.07 Å². The lowest BCUT2D eigenvalue weighted by atomic mass is 10.2. The van der Waals surface area contributed by atoms with E-state index < -0.39 is 0 Å². The Hall–Kier alpha value is -1.34. The van der Waals surface area contributed by atoms with Gasteiger partial charge in [-0.25, -0.2) is 0 Å². The first-order chi connectivity index (χ1) is 9.88. The predicted molar refractivity (Wildman–Crippen MR) is 84.3 cm³/mol. The number of nitrogens with zero attached hydrogens (tertiary/aromatic N) is 2. The number of benzene rings is 1. The molecule has 0 fully saturated rings. The third-order valence-electron chi connectivity index (χ3n) is 2.94. The van der Waals surface area contributed by atoms with E-state index in [0.717, 1.165) is 23.1 Å². The van der Waals surface area contributed by atoms with E-state index in [0.29, 0.717) is 6.61 Å². The summed E-state index contributed by atoms with van der Waals surface area (Å²) in [6.45, 7) is 2.27. The van der Waals surface area contributed by atoms with Crippen molar-refractivity contribution >= 4 is 32.8 Å². The van der Waals surface area contributed by atoms with Gasteiger partial charge in [0, 0.05) is 41.2 Å². The summed E-state index contributed by atoms with van der Waals surface area (Å²) < 4.78 is 6.29. The van der Waals surface area contributed by atoms with Crippen molar-refractivity contribution in [2.45, 2.75) is 6.54 Å². The summed E-state index contributed by atoms with van der Waals surface area (Å²) in [7, 11) is 1.70. The second-order valence-corrected chi connectivity index (χ2v) is 6.29. The molecule has 0 atom stereocenters. The fraction of sp³-hybridized carbons (Fsp3) is 0.286. The van der Waals surface area contributed by atoms with Crippen LogP contribution in [0.1, 0.15) is 5.01 Å². The van der Waals surface area contributed by atoms with Crippen LogP contribution in [-0.2, 0) is 11.3 Å². The summed E-state index contributed by atoms with van der Waals surface area (Å²) in [5, 5.41) is 17.3. The molecule has 0 amide bonds. The summed E-state index contributed by atoms with van der Waals surface area (Å²) in [5.41, 5.74) is 1.19. The predicted octanol–water partition coefficient (Wildman–Crippen LogP) is 3.16. The Morgan fingerprint density at radius 1 is 1.25 bits per heavy atom. The van der Waals surface area contributed by atoms with E-state index in [2.05, 4.69) is 45.2 Å². The molecule has 20 heavy (non-hydrogen) atoms. The van der Waals surface area contributed by atoms with Crippen LogP contribution in [0.4, 0.5) is 0 Å². The second-order valence-electron chi connectivity index (χ2n) is 4.32. The molecule has 0 unspecified atom stereocenters. The Kier molecular flexibility index (Phi) is 4.37. The SMILES string of the molecule is COCCNCc1nnc(-c2csc3ccccc23)s1. The van der Waals surface area contributed by atoms with E-state index >= 15 is 0 Å². The standard InChI is InChI=1S/C14H15N3OS2/c1-18-7-6-15-8-13-16-17-14(20-13)11-9-19-12-5-3-2-4-10(11)12/h2-5,9,15H,6-8H2,1H3. The van der Waals surface area contributed by atoms with E-state index in [1.54, 1.807) is 29.8 Å². The zero-order valence-electron chi connectivity index (χ0n) is 11.1. The summed E-state index contributed by atoms with van der Waals surface area (Å²) >= 11 is 3.39. The maximum atomic E-state index is 5.00. The molecule has 0 aliphatic heterocycles. The molecule has 0 saturated carbocycles. The first kappa shape index (κ1) is 13.6. The van der Waals surface area contributed by atoms with Gasteiger partial charge in [0.25, 0.3) is 0 Å². The Morgan fingerprint density at radius 2 is 2.15 bits per heavy atom. The Balaban J connectivity index is 1.76. The van der Waals surface area contributed by atoms with E-state index in [4.69, 9.17) is 4.74 Å². The van der Waals surface area contributed by atoms with Gasteiger partial charge in [0.1, 0.15) is 10.0 Å². The molecular formula is C14H15N3OS2. The lowest BCUT2D eigenvalue weighted by molar-refractivity contribution is 0.199. The molecule has 1 N–H and O–H groups in total. The van der Waals surface area contributed by atoms with Gasteiger partial charge in [-0.15, -0.1) is 21.5 Å². The third-order valence-corrected chi connectivity index (χ3v) is 4.86. The maximum absolute atomic E-state index is 5.00. The van der Waals surface area contributed by atoms with Crippen molar-refractivity contribution in [3.63, 3.8) is 0 Å². The number of hydrogen-bond acceptors (Lipinski definition) is 6. The molecule has 0 aliphatic rings. The summed E-state index contributed by atoms with van der Waals surface area (Å²) in [5.74, 6) is 0. The Labute approximate surface area is 125 Å². The van der Waals surface area contributed by atoms with E-state index in [1.807, 2.05) is 0 Å². The van der Waals surface area contributed by atoms with Crippen molar-refractivity contribution in [3.05, 3.63) is 34.7 Å². The minimum absolute atomic E-state index is 0.709. The highest BCUT2D eigenvalue weighted by atomic mass is 32.1. The molecular weight excluding hydrogens is 290 g/mol.